The Kier molecular flexibility index (Phi) is 8.85. The summed E-state index contributed by atoms with van der Waals surface area (Å²) in [6.45, 7) is 0.957. The van der Waals surface area contributed by atoms with Crippen LogP contribution in [0.15, 0.2) is 89.7 Å². The SMILES string of the molecule is COc1ccc(N(C)CCCCCc2ccc(NC(=O)c3cccc4c(=O)c5ccccc5sc34)cc2)cc1OC. The van der Waals surface area contributed by atoms with Gasteiger partial charge in [0, 0.05) is 46.5 Å². The molecule has 7 heteroatoms. The fraction of sp³-hybridized carbons (Fsp3) is 0.235. The van der Waals surface area contributed by atoms with Crippen LogP contribution in [0, 0.1) is 0 Å². The van der Waals surface area contributed by atoms with Gasteiger partial charge in [-0.3, -0.25) is 9.59 Å². The molecule has 0 aliphatic rings. The van der Waals surface area contributed by atoms with Crippen LogP contribution < -0.4 is 25.1 Å². The van der Waals surface area contributed by atoms with Crippen molar-refractivity contribution in [2.75, 3.05) is 38.0 Å². The number of fused-ring (bicyclic) bond motifs is 2. The highest BCUT2D eigenvalue weighted by Crippen LogP contribution is 2.31. The number of hydrogen-bond donors (Lipinski definition) is 1. The van der Waals surface area contributed by atoms with Gasteiger partial charge in [0.1, 0.15) is 0 Å². The van der Waals surface area contributed by atoms with E-state index < -0.39 is 0 Å². The second-order valence-corrected chi connectivity index (χ2v) is 11.1. The molecule has 1 aromatic heterocycles. The summed E-state index contributed by atoms with van der Waals surface area (Å²) in [6, 6.07) is 26.9. The van der Waals surface area contributed by atoms with E-state index in [4.69, 9.17) is 9.47 Å². The molecule has 0 atom stereocenters. The number of methoxy groups -OCH3 is 2. The second kappa shape index (κ2) is 12.9. The van der Waals surface area contributed by atoms with Crippen molar-refractivity contribution in [1.29, 1.82) is 0 Å². The van der Waals surface area contributed by atoms with Crippen LogP contribution >= 0.6 is 11.3 Å². The molecule has 0 saturated heterocycles. The number of ether oxygens (including phenoxy) is 2. The molecule has 0 saturated carbocycles. The summed E-state index contributed by atoms with van der Waals surface area (Å²) in [5.41, 5.74) is 3.55. The Morgan fingerprint density at radius 2 is 1.59 bits per heavy atom. The van der Waals surface area contributed by atoms with E-state index in [9.17, 15) is 9.59 Å². The van der Waals surface area contributed by atoms with E-state index in [-0.39, 0.29) is 11.3 Å². The van der Waals surface area contributed by atoms with E-state index in [2.05, 4.69) is 29.4 Å². The predicted octanol–water partition coefficient (Wildman–Crippen LogP) is 7.53. The maximum Gasteiger partial charge on any atom is 0.257 e. The molecule has 210 valence electrons. The van der Waals surface area contributed by atoms with Gasteiger partial charge in [0.05, 0.1) is 24.5 Å². The topological polar surface area (TPSA) is 67.9 Å². The smallest absolute Gasteiger partial charge is 0.257 e. The summed E-state index contributed by atoms with van der Waals surface area (Å²) in [5, 5.41) is 4.27. The van der Waals surface area contributed by atoms with Gasteiger partial charge in [-0.1, -0.05) is 36.8 Å². The number of unbranched alkanes of at least 4 members (excludes halogenated alkanes) is 2. The van der Waals surface area contributed by atoms with Gasteiger partial charge in [0.2, 0.25) is 0 Å². The predicted molar refractivity (Wildman–Crippen MR) is 170 cm³/mol. The van der Waals surface area contributed by atoms with Crippen LogP contribution in [0.3, 0.4) is 0 Å². The maximum atomic E-state index is 13.2. The summed E-state index contributed by atoms with van der Waals surface area (Å²) >= 11 is 1.48. The molecule has 6 nitrogen and oxygen atoms in total. The molecule has 0 bridgehead atoms. The Bertz CT molecular complexity index is 1730. The van der Waals surface area contributed by atoms with Crippen molar-refractivity contribution in [3.63, 3.8) is 0 Å². The van der Waals surface area contributed by atoms with Crippen LogP contribution in [0.25, 0.3) is 20.2 Å². The van der Waals surface area contributed by atoms with E-state index in [0.29, 0.717) is 21.0 Å². The summed E-state index contributed by atoms with van der Waals surface area (Å²) < 4.78 is 12.3. The van der Waals surface area contributed by atoms with Crippen molar-refractivity contribution < 1.29 is 14.3 Å². The van der Waals surface area contributed by atoms with E-state index in [0.717, 1.165) is 59.8 Å². The largest absolute Gasteiger partial charge is 0.493 e. The molecule has 0 aliphatic heterocycles. The lowest BCUT2D eigenvalue weighted by Crippen LogP contribution is -2.18. The number of rotatable bonds is 11. The van der Waals surface area contributed by atoms with Crippen molar-refractivity contribution in [2.45, 2.75) is 25.7 Å². The van der Waals surface area contributed by atoms with E-state index >= 15 is 0 Å². The molecule has 5 aromatic rings. The van der Waals surface area contributed by atoms with Crippen LogP contribution in [0.2, 0.25) is 0 Å². The minimum absolute atomic E-state index is 0.0408. The number of anilines is 2. The maximum absolute atomic E-state index is 13.2. The van der Waals surface area contributed by atoms with Crippen LogP contribution in [-0.4, -0.2) is 33.7 Å². The first-order chi connectivity index (χ1) is 20.0. The summed E-state index contributed by atoms with van der Waals surface area (Å²) in [4.78, 5) is 28.4. The van der Waals surface area contributed by atoms with Crippen LogP contribution in [-0.2, 0) is 6.42 Å². The molecule has 41 heavy (non-hydrogen) atoms. The quantitative estimate of drug-likeness (QED) is 0.132. The Hall–Kier alpha value is -4.36. The summed E-state index contributed by atoms with van der Waals surface area (Å²) in [5.74, 6) is 1.25. The van der Waals surface area contributed by atoms with Gasteiger partial charge < -0.3 is 19.7 Å². The zero-order chi connectivity index (χ0) is 28.8. The standard InChI is InChI=1S/C34H34N2O4S/c1-36(25-19-20-29(39-2)30(22-25)40-3)21-8-4-5-10-23-15-17-24(18-16-23)35-34(38)28-13-9-12-27-32(37)26-11-6-7-14-31(26)41-33(27)28/h6-7,9,11-20,22H,4-5,8,10,21H2,1-3H3,(H,35,38). The van der Waals surface area contributed by atoms with Crippen molar-refractivity contribution >= 4 is 48.8 Å². The second-order valence-electron chi connectivity index (χ2n) is 10.0. The normalized spacial score (nSPS) is 11.0. The van der Waals surface area contributed by atoms with Crippen molar-refractivity contribution in [1.82, 2.24) is 0 Å². The van der Waals surface area contributed by atoms with Crippen LogP contribution in [0.1, 0.15) is 35.2 Å². The minimum atomic E-state index is -0.215. The first-order valence-corrected chi connectivity index (χ1v) is 14.6. The molecule has 5 rings (SSSR count). The number of carbonyl (C=O) groups is 1. The number of carbonyl (C=O) groups excluding carboxylic acids is 1. The zero-order valence-electron chi connectivity index (χ0n) is 23.6. The molecule has 0 aliphatic carbocycles. The van der Waals surface area contributed by atoms with Gasteiger partial charge in [0.15, 0.2) is 16.9 Å². The molecule has 4 aromatic carbocycles. The number of nitrogens with zero attached hydrogens (tertiary/aromatic N) is 1. The molecule has 0 spiro atoms. The first kappa shape index (κ1) is 28.2. The summed E-state index contributed by atoms with van der Waals surface area (Å²) in [7, 11) is 5.39. The van der Waals surface area contributed by atoms with Gasteiger partial charge in [-0.15, -0.1) is 11.3 Å². The average Bonchev–Trinajstić information content (AvgIpc) is 3.01. The lowest BCUT2D eigenvalue weighted by molar-refractivity contribution is 0.102. The van der Waals surface area contributed by atoms with Gasteiger partial charge in [-0.25, -0.2) is 0 Å². The van der Waals surface area contributed by atoms with Gasteiger partial charge in [-0.05, 0) is 73.4 Å². The fourth-order valence-electron chi connectivity index (χ4n) is 5.00. The third kappa shape index (κ3) is 6.36. The van der Waals surface area contributed by atoms with Crippen molar-refractivity contribution in [3.05, 3.63) is 106 Å². The lowest BCUT2D eigenvalue weighted by atomic mass is 10.1. The number of nitrogens with one attached hydrogen (secondary N) is 1. The van der Waals surface area contributed by atoms with Gasteiger partial charge in [-0.2, -0.15) is 0 Å². The van der Waals surface area contributed by atoms with E-state index in [1.807, 2.05) is 54.6 Å². The molecule has 1 heterocycles. The zero-order valence-corrected chi connectivity index (χ0v) is 24.4. The Balaban J connectivity index is 1.14. The number of benzene rings is 4. The van der Waals surface area contributed by atoms with Gasteiger partial charge in [0.25, 0.3) is 5.91 Å². The third-order valence-corrected chi connectivity index (χ3v) is 8.55. The first-order valence-electron chi connectivity index (χ1n) is 13.8. The van der Waals surface area contributed by atoms with Crippen molar-refractivity contribution in [3.8, 4) is 11.5 Å². The third-order valence-electron chi connectivity index (χ3n) is 7.33. The fourth-order valence-corrected chi connectivity index (χ4v) is 6.18. The molecule has 0 fully saturated rings. The molecule has 0 unspecified atom stereocenters. The van der Waals surface area contributed by atoms with E-state index in [1.54, 1.807) is 32.4 Å². The number of amides is 1. The van der Waals surface area contributed by atoms with Crippen LogP contribution in [0.5, 0.6) is 11.5 Å². The highest BCUT2D eigenvalue weighted by atomic mass is 32.1. The molecule has 0 radical (unpaired) electrons. The molecule has 1 amide bonds. The van der Waals surface area contributed by atoms with Crippen LogP contribution in [0.4, 0.5) is 11.4 Å². The van der Waals surface area contributed by atoms with E-state index in [1.165, 1.54) is 16.9 Å². The lowest BCUT2D eigenvalue weighted by Gasteiger charge is -2.20. The highest BCUT2D eigenvalue weighted by molar-refractivity contribution is 7.24. The number of hydrogen-bond acceptors (Lipinski definition) is 6. The Morgan fingerprint density at radius 3 is 2.37 bits per heavy atom. The highest BCUT2D eigenvalue weighted by Gasteiger charge is 2.15. The Morgan fingerprint density at radius 1 is 0.829 bits per heavy atom. The minimum Gasteiger partial charge on any atom is -0.493 e. The van der Waals surface area contributed by atoms with Crippen molar-refractivity contribution in [2.24, 2.45) is 0 Å². The summed E-state index contributed by atoms with van der Waals surface area (Å²) in [6.07, 6.45) is 4.28. The average molecular weight is 567 g/mol. The van der Waals surface area contributed by atoms with Gasteiger partial charge >= 0.3 is 0 Å². The Labute approximate surface area is 244 Å². The molecular weight excluding hydrogens is 532 g/mol. The number of aryl methyl sites for hydroxylation is 1. The monoisotopic (exact) mass is 566 g/mol. The molecular formula is C34H34N2O4S. The molecule has 1 N–H and O–H groups in total.